The summed E-state index contributed by atoms with van der Waals surface area (Å²) >= 11 is 18.8. The zero-order chi connectivity index (χ0) is 80.2. The van der Waals surface area contributed by atoms with Crippen molar-refractivity contribution in [2.45, 2.75) is 108 Å². The largest absolute Gasteiger partial charge is 0.494 e. The number of halogens is 3. The highest BCUT2D eigenvalue weighted by atomic mass is 35.5. The van der Waals surface area contributed by atoms with Crippen LogP contribution in [0.4, 0.5) is 0 Å². The van der Waals surface area contributed by atoms with E-state index in [-0.39, 0.29) is 31.8 Å². The lowest BCUT2D eigenvalue weighted by Gasteiger charge is -2.11. The molecule has 22 nitrogen and oxygen atoms in total. The van der Waals surface area contributed by atoms with Crippen molar-refractivity contribution in [3.05, 3.63) is 282 Å². The average Bonchev–Trinajstić information content (AvgIpc) is 1.60. The number of pyridine rings is 1. The van der Waals surface area contributed by atoms with E-state index >= 15 is 0 Å². The molecule has 0 aliphatic rings. The number of sulfonamides is 3. The van der Waals surface area contributed by atoms with Gasteiger partial charge in [-0.2, -0.15) is 5.10 Å². The van der Waals surface area contributed by atoms with Crippen LogP contribution in [0.15, 0.2) is 203 Å². The summed E-state index contributed by atoms with van der Waals surface area (Å²) in [5.41, 5.74) is 14.1. The van der Waals surface area contributed by atoms with E-state index < -0.39 is 47.8 Å². The number of aryl methyl sites for hydroxylation is 10. The number of ether oxygens (including phenoxy) is 4. The highest BCUT2D eigenvalue weighted by Gasteiger charge is 2.29. The van der Waals surface area contributed by atoms with Gasteiger partial charge in [0.05, 0.1) is 47.4 Å². The Morgan fingerprint density at radius 2 is 0.804 bits per heavy atom. The summed E-state index contributed by atoms with van der Waals surface area (Å²) in [5.74, 6) is 0.0371. The van der Waals surface area contributed by atoms with Gasteiger partial charge in [0.15, 0.2) is 0 Å². The maximum absolute atomic E-state index is 13.7. The van der Waals surface area contributed by atoms with Gasteiger partial charge in [0.2, 0.25) is 0 Å². The van der Waals surface area contributed by atoms with E-state index in [1.807, 2.05) is 159 Å². The van der Waals surface area contributed by atoms with E-state index in [1.54, 1.807) is 48.2 Å². The van der Waals surface area contributed by atoms with Crippen molar-refractivity contribution in [3.8, 4) is 28.4 Å². The number of hydrogen-bond acceptors (Lipinski definition) is 15. The van der Waals surface area contributed by atoms with Crippen LogP contribution in [-0.2, 0) is 67.7 Å². The molecule has 0 aliphatic heterocycles. The Kier molecular flexibility index (Phi) is 26.5. The van der Waals surface area contributed by atoms with Crippen LogP contribution in [0.2, 0.25) is 15.1 Å². The molecule has 0 bridgehead atoms. The van der Waals surface area contributed by atoms with Crippen LogP contribution in [0.5, 0.6) is 17.2 Å². The number of nitrogens with one attached hydrogen (secondary N) is 6. The van der Waals surface area contributed by atoms with Crippen LogP contribution in [0.3, 0.4) is 0 Å². The number of carbonyl (C=O) groups excluding carboxylic acids is 3. The maximum Gasteiger partial charge on any atom is 0.281 e. The van der Waals surface area contributed by atoms with Crippen molar-refractivity contribution >= 4 is 115 Å². The van der Waals surface area contributed by atoms with Gasteiger partial charge in [0, 0.05) is 85.6 Å². The number of nitrogens with zero attached hydrogens (tertiary/aromatic N) is 3. The first-order valence-electron chi connectivity index (χ1n) is 35.8. The minimum atomic E-state index is -4.10. The molecule has 8 aromatic carbocycles. The summed E-state index contributed by atoms with van der Waals surface area (Å²) in [6.07, 6.45) is 6.00. The Labute approximate surface area is 665 Å². The second kappa shape index (κ2) is 36.1. The van der Waals surface area contributed by atoms with Gasteiger partial charge in [0.1, 0.15) is 39.2 Å². The molecule has 112 heavy (non-hydrogen) atoms. The zero-order valence-corrected chi connectivity index (χ0v) is 67.7. The van der Waals surface area contributed by atoms with Gasteiger partial charge in [-0.3, -0.25) is 24.0 Å². The number of para-hydroxylation sites is 3. The summed E-state index contributed by atoms with van der Waals surface area (Å²) in [7, 11) is -8.65. The van der Waals surface area contributed by atoms with Crippen molar-refractivity contribution in [1.29, 1.82) is 0 Å². The quantitative estimate of drug-likeness (QED) is 0.0261. The molecule has 6 N–H and O–H groups in total. The molecule has 0 radical (unpaired) electrons. The Bertz CT molecular complexity index is 5700. The van der Waals surface area contributed by atoms with E-state index in [0.29, 0.717) is 81.1 Å². The van der Waals surface area contributed by atoms with Crippen LogP contribution >= 0.6 is 34.8 Å². The zero-order valence-electron chi connectivity index (χ0n) is 63.0. The number of H-pyrrole nitrogens is 3. The molecule has 0 spiro atoms. The van der Waals surface area contributed by atoms with Crippen LogP contribution in [-0.4, -0.2) is 99.6 Å². The van der Waals surface area contributed by atoms with Crippen LogP contribution in [0.1, 0.15) is 112 Å². The number of rotatable bonds is 27. The predicted molar refractivity (Wildman–Crippen MR) is 438 cm³/mol. The van der Waals surface area contributed by atoms with Crippen molar-refractivity contribution in [1.82, 2.24) is 43.9 Å². The van der Waals surface area contributed by atoms with E-state index in [9.17, 15) is 39.6 Å². The molecule has 13 rings (SSSR count). The molecule has 0 saturated heterocycles. The first kappa shape index (κ1) is 82.2. The van der Waals surface area contributed by atoms with Gasteiger partial charge < -0.3 is 33.9 Å². The molecular weight excluding hydrogens is 1550 g/mol. The molecule has 5 aromatic heterocycles. The molecule has 0 saturated carbocycles. The summed E-state index contributed by atoms with van der Waals surface area (Å²) in [6, 6.07) is 50.7. The smallest absolute Gasteiger partial charge is 0.281 e. The number of aromatic nitrogens is 6. The molecular formula is C84H84Cl3N9O13S3. The Morgan fingerprint density at radius 3 is 1.20 bits per heavy atom. The van der Waals surface area contributed by atoms with Gasteiger partial charge in [-0.15, -0.1) is 0 Å². The lowest BCUT2D eigenvalue weighted by Crippen LogP contribution is -2.31. The van der Waals surface area contributed by atoms with Crippen LogP contribution in [0.25, 0.3) is 43.8 Å². The number of aromatic amines is 3. The summed E-state index contributed by atoms with van der Waals surface area (Å²) in [6.45, 7) is 15.1. The van der Waals surface area contributed by atoms with Gasteiger partial charge in [-0.25, -0.2) is 39.4 Å². The Balaban J connectivity index is 0.000000168. The van der Waals surface area contributed by atoms with Gasteiger partial charge >= 0.3 is 0 Å². The fourth-order valence-corrected chi connectivity index (χ4v) is 16.4. The molecule has 0 atom stereocenters. The Morgan fingerprint density at radius 1 is 0.446 bits per heavy atom. The second-order valence-corrected chi connectivity index (χ2v) is 33.0. The van der Waals surface area contributed by atoms with E-state index in [0.717, 1.165) is 122 Å². The lowest BCUT2D eigenvalue weighted by molar-refractivity contribution is 0.0967. The molecule has 5 heterocycles. The molecule has 28 heteroatoms. The first-order chi connectivity index (χ1) is 53.5. The number of amides is 3. The minimum absolute atomic E-state index is 0.00356. The second-order valence-electron chi connectivity index (χ2n) is 26.8. The van der Waals surface area contributed by atoms with E-state index in [2.05, 4.69) is 39.2 Å². The third-order valence-corrected chi connectivity index (χ3v) is 24.5. The fourth-order valence-electron chi connectivity index (χ4n) is 13.2. The van der Waals surface area contributed by atoms with Crippen molar-refractivity contribution in [2.24, 2.45) is 7.05 Å². The number of hydrogen-bond donors (Lipinski definition) is 6. The minimum Gasteiger partial charge on any atom is -0.494 e. The number of carbonyl (C=O) groups is 3. The Hall–Kier alpha value is -10.8. The standard InChI is InChI=1S/C33H35ClN4O5S.C26H25ClN2O4S.C25H24ClN3O4S/c1-20-17-23(18-21(2)30(20)34)43-16-10-15-26-25-13-9-14-27(29-22(3)38(4)36-28(29)19-42-5)31(25)35-32(26)33(39)37-44(40,41)24-11-7-6-8-12-24;1-17-15-19(16-18(2)24(17)27)33-14-8-12-22-21-11-6-7-13-23(21)28-25(22)26(30)29-34(31,32)20-9-4-3-5-10-20;1-16-13-18(14-17(2)23(16)26)33-12-6-9-21-20-8-3-4-10-22(20)28-24(21)25(30)29-34(31,32)19-7-5-11-27-15-19/h6-9,11-14,17-18,35H,10,15-16,19H2,1-5H3,(H,37,39);3-7,9-11,13,15-16,28H,8,12,14H2,1-2H3,(H,29,30);3-5,7-8,10-11,13-15,28H,6,9,12H2,1-2H3,(H,29,30). The SMILES string of the molecule is COCc1nn(C)c(C)c1-c1cccc2c(CCCOc3cc(C)c(Cl)c(C)c3)c(C(=O)NS(=O)(=O)c3ccccc3)[nH]c12.Cc1cc(OCCCc2c(C(=O)NS(=O)(=O)c3ccccc3)[nH]c3ccccc23)cc(C)c1Cl.Cc1cc(OCCCc2c(C(=O)NS(=O)(=O)c3cccnc3)[nH]c3ccccc23)cc(C)c1Cl. The van der Waals surface area contributed by atoms with Crippen LogP contribution < -0.4 is 28.4 Å². The lowest BCUT2D eigenvalue weighted by atomic mass is 9.98. The fraction of sp³-hybridized carbons (Fsp3) is 0.226. The summed E-state index contributed by atoms with van der Waals surface area (Å²) in [4.78, 5) is 52.9. The van der Waals surface area contributed by atoms with Crippen molar-refractivity contribution in [3.63, 3.8) is 0 Å². The molecule has 0 unspecified atom stereocenters. The van der Waals surface area contributed by atoms with E-state index in [1.165, 1.54) is 48.8 Å². The topological polar surface area (TPSA) is 305 Å². The predicted octanol–water partition coefficient (Wildman–Crippen LogP) is 17.0. The molecule has 0 fully saturated rings. The highest BCUT2D eigenvalue weighted by Crippen LogP contribution is 2.38. The monoisotopic (exact) mass is 1630 g/mol. The highest BCUT2D eigenvalue weighted by molar-refractivity contribution is 7.90. The van der Waals surface area contributed by atoms with Gasteiger partial charge in [-0.1, -0.05) is 126 Å². The summed E-state index contributed by atoms with van der Waals surface area (Å²) < 4.78 is 108. The van der Waals surface area contributed by atoms with Crippen molar-refractivity contribution < 1.29 is 58.6 Å². The van der Waals surface area contributed by atoms with E-state index in [4.69, 9.17) is 53.8 Å². The normalized spacial score (nSPS) is 11.6. The first-order valence-corrected chi connectivity index (χ1v) is 41.4. The van der Waals surface area contributed by atoms with Crippen molar-refractivity contribution in [2.75, 3.05) is 26.9 Å². The number of fused-ring (bicyclic) bond motifs is 3. The van der Waals surface area contributed by atoms with Gasteiger partial charge in [-0.05, 0) is 222 Å². The van der Waals surface area contributed by atoms with Gasteiger partial charge in [0.25, 0.3) is 47.8 Å². The molecule has 3 amide bonds. The number of methoxy groups -OCH3 is 1. The third-order valence-electron chi connectivity index (χ3n) is 18.7. The molecule has 0 aliphatic carbocycles. The third kappa shape index (κ3) is 19.4. The average molecular weight is 1630 g/mol. The van der Waals surface area contributed by atoms with Crippen LogP contribution in [0, 0.1) is 48.5 Å². The number of benzene rings is 8. The summed E-state index contributed by atoms with van der Waals surface area (Å²) in [5, 5.41) is 9.36. The molecule has 13 aromatic rings. The molecule has 582 valence electrons. The maximum atomic E-state index is 13.7.